The van der Waals surface area contributed by atoms with Crippen molar-refractivity contribution < 1.29 is 9.53 Å². The number of aromatic nitrogens is 2. The summed E-state index contributed by atoms with van der Waals surface area (Å²) in [5.41, 5.74) is 0.825. The minimum atomic E-state index is -0.242. The molecule has 0 N–H and O–H groups in total. The van der Waals surface area contributed by atoms with Gasteiger partial charge in [0, 0.05) is 45.0 Å². The number of aryl methyl sites for hydroxylation is 1. The average Bonchev–Trinajstić information content (AvgIpc) is 2.63. The summed E-state index contributed by atoms with van der Waals surface area (Å²) in [6, 6.07) is 6.73. The van der Waals surface area contributed by atoms with Gasteiger partial charge in [-0.2, -0.15) is 0 Å². The molecule has 0 saturated carbocycles. The summed E-state index contributed by atoms with van der Waals surface area (Å²) >= 11 is 0. The molecule has 1 fully saturated rings. The van der Waals surface area contributed by atoms with E-state index in [9.17, 15) is 9.59 Å². The molecule has 0 bridgehead atoms. The topological polar surface area (TPSA) is 67.7 Å². The van der Waals surface area contributed by atoms with Crippen LogP contribution in [0.25, 0.3) is 0 Å². The standard InChI is InChI=1S/C17H20N4O3/c1-19-6-5-13(11-16(19)22)17(23)20(2)14-3-4-15(18-12-14)21-7-9-24-10-8-21/h3-6,11-12H,7-10H2,1-2H3. The number of hydrogen-bond donors (Lipinski definition) is 0. The molecule has 7 heteroatoms. The van der Waals surface area contributed by atoms with Crippen molar-refractivity contribution in [1.82, 2.24) is 9.55 Å². The van der Waals surface area contributed by atoms with Crippen molar-refractivity contribution in [2.75, 3.05) is 43.2 Å². The number of pyridine rings is 2. The molecule has 0 aliphatic carbocycles. The SMILES string of the molecule is CN(C(=O)c1ccn(C)c(=O)c1)c1ccc(N2CCOCC2)nc1. The van der Waals surface area contributed by atoms with E-state index in [1.807, 2.05) is 12.1 Å². The second-order valence-corrected chi connectivity index (χ2v) is 5.70. The Morgan fingerprint density at radius 1 is 1.25 bits per heavy atom. The Morgan fingerprint density at radius 2 is 2.00 bits per heavy atom. The molecular weight excluding hydrogens is 308 g/mol. The Morgan fingerprint density at radius 3 is 2.62 bits per heavy atom. The van der Waals surface area contributed by atoms with Gasteiger partial charge in [0.25, 0.3) is 11.5 Å². The first kappa shape index (κ1) is 16.2. The molecule has 24 heavy (non-hydrogen) atoms. The fourth-order valence-electron chi connectivity index (χ4n) is 2.55. The van der Waals surface area contributed by atoms with E-state index in [-0.39, 0.29) is 11.5 Å². The molecule has 1 aliphatic heterocycles. The van der Waals surface area contributed by atoms with Crippen LogP contribution < -0.4 is 15.4 Å². The predicted octanol–water partition coefficient (Wildman–Crippen LogP) is 0.893. The van der Waals surface area contributed by atoms with Crippen molar-refractivity contribution in [1.29, 1.82) is 0 Å². The molecule has 2 aromatic rings. The maximum atomic E-state index is 12.5. The Kier molecular flexibility index (Phi) is 4.61. The molecule has 0 atom stereocenters. The lowest BCUT2D eigenvalue weighted by atomic mass is 10.2. The average molecular weight is 328 g/mol. The van der Waals surface area contributed by atoms with Crippen molar-refractivity contribution in [3.63, 3.8) is 0 Å². The summed E-state index contributed by atoms with van der Waals surface area (Å²) in [7, 11) is 3.32. The zero-order valence-electron chi connectivity index (χ0n) is 13.8. The van der Waals surface area contributed by atoms with Crippen molar-refractivity contribution in [3.8, 4) is 0 Å². The van der Waals surface area contributed by atoms with Gasteiger partial charge in [-0.1, -0.05) is 0 Å². The highest BCUT2D eigenvalue weighted by Crippen LogP contribution is 2.19. The van der Waals surface area contributed by atoms with Crippen LogP contribution in [0, 0.1) is 0 Å². The number of amides is 1. The summed E-state index contributed by atoms with van der Waals surface area (Å²) in [6.07, 6.45) is 3.26. The van der Waals surface area contributed by atoms with Gasteiger partial charge in [-0.05, 0) is 18.2 Å². The van der Waals surface area contributed by atoms with Gasteiger partial charge in [-0.3, -0.25) is 9.59 Å². The molecule has 0 aromatic carbocycles. The second-order valence-electron chi connectivity index (χ2n) is 5.70. The molecule has 0 spiro atoms. The fourth-order valence-corrected chi connectivity index (χ4v) is 2.55. The van der Waals surface area contributed by atoms with Crippen molar-refractivity contribution in [3.05, 3.63) is 52.6 Å². The van der Waals surface area contributed by atoms with Gasteiger partial charge in [-0.15, -0.1) is 0 Å². The van der Waals surface area contributed by atoms with Crippen LogP contribution in [0.5, 0.6) is 0 Å². The summed E-state index contributed by atoms with van der Waals surface area (Å²) in [4.78, 5) is 32.3. The Bertz CT molecular complexity index is 779. The lowest BCUT2D eigenvalue weighted by Crippen LogP contribution is -2.36. The monoisotopic (exact) mass is 328 g/mol. The largest absolute Gasteiger partial charge is 0.378 e. The van der Waals surface area contributed by atoms with E-state index in [1.165, 1.54) is 15.5 Å². The van der Waals surface area contributed by atoms with E-state index in [0.29, 0.717) is 24.5 Å². The summed E-state index contributed by atoms with van der Waals surface area (Å²) in [5, 5.41) is 0. The molecule has 0 radical (unpaired) electrons. The molecule has 7 nitrogen and oxygen atoms in total. The third-order valence-corrected chi connectivity index (χ3v) is 4.11. The van der Waals surface area contributed by atoms with Crippen LogP contribution in [-0.2, 0) is 11.8 Å². The smallest absolute Gasteiger partial charge is 0.258 e. The van der Waals surface area contributed by atoms with E-state index < -0.39 is 0 Å². The molecule has 0 unspecified atom stereocenters. The van der Waals surface area contributed by atoms with Crippen molar-refractivity contribution in [2.24, 2.45) is 7.05 Å². The molecule has 1 aliphatic rings. The Hall–Kier alpha value is -2.67. The highest BCUT2D eigenvalue weighted by atomic mass is 16.5. The van der Waals surface area contributed by atoms with Gasteiger partial charge in [-0.25, -0.2) is 4.98 Å². The molecule has 3 heterocycles. The number of hydrogen-bond acceptors (Lipinski definition) is 5. The van der Waals surface area contributed by atoms with E-state index in [1.54, 1.807) is 32.6 Å². The number of morpholine rings is 1. The molecule has 126 valence electrons. The van der Waals surface area contributed by atoms with Gasteiger partial charge in [0.2, 0.25) is 0 Å². The van der Waals surface area contributed by atoms with Gasteiger partial charge in [0.05, 0.1) is 25.1 Å². The number of carbonyl (C=O) groups excluding carboxylic acids is 1. The summed E-state index contributed by atoms with van der Waals surface area (Å²) in [5.74, 6) is 0.630. The minimum absolute atomic E-state index is 0.213. The van der Waals surface area contributed by atoms with Crippen molar-refractivity contribution in [2.45, 2.75) is 0 Å². The molecule has 2 aromatic heterocycles. The van der Waals surface area contributed by atoms with Gasteiger partial charge < -0.3 is 19.1 Å². The number of carbonyl (C=O) groups is 1. The van der Waals surface area contributed by atoms with Crippen LogP contribution in [0.1, 0.15) is 10.4 Å². The van der Waals surface area contributed by atoms with Crippen LogP contribution >= 0.6 is 0 Å². The first-order valence-corrected chi connectivity index (χ1v) is 7.80. The van der Waals surface area contributed by atoms with E-state index in [4.69, 9.17) is 4.74 Å². The minimum Gasteiger partial charge on any atom is -0.378 e. The van der Waals surface area contributed by atoms with E-state index in [2.05, 4.69) is 9.88 Å². The zero-order chi connectivity index (χ0) is 17.1. The zero-order valence-corrected chi connectivity index (χ0v) is 13.8. The van der Waals surface area contributed by atoms with Gasteiger partial charge >= 0.3 is 0 Å². The highest BCUT2D eigenvalue weighted by Gasteiger charge is 2.16. The summed E-state index contributed by atoms with van der Waals surface area (Å²) < 4.78 is 6.76. The molecule has 1 saturated heterocycles. The maximum Gasteiger partial charge on any atom is 0.258 e. The van der Waals surface area contributed by atoms with Gasteiger partial charge in [0.15, 0.2) is 0 Å². The van der Waals surface area contributed by atoms with Crippen LogP contribution in [0.15, 0.2) is 41.5 Å². The van der Waals surface area contributed by atoms with Crippen LogP contribution in [-0.4, -0.2) is 48.8 Å². The van der Waals surface area contributed by atoms with E-state index in [0.717, 1.165) is 18.9 Å². The normalized spacial score (nSPS) is 14.5. The highest BCUT2D eigenvalue weighted by molar-refractivity contribution is 6.05. The quantitative estimate of drug-likeness (QED) is 0.837. The van der Waals surface area contributed by atoms with Crippen LogP contribution in [0.2, 0.25) is 0 Å². The number of ether oxygens (including phenoxy) is 1. The first-order valence-electron chi connectivity index (χ1n) is 7.80. The maximum absolute atomic E-state index is 12.5. The fraction of sp³-hybridized carbons (Fsp3) is 0.353. The Labute approximate surface area is 140 Å². The lowest BCUT2D eigenvalue weighted by molar-refractivity contribution is 0.0992. The molecule has 3 rings (SSSR count). The third-order valence-electron chi connectivity index (χ3n) is 4.11. The van der Waals surface area contributed by atoms with E-state index >= 15 is 0 Å². The summed E-state index contributed by atoms with van der Waals surface area (Å²) in [6.45, 7) is 3.03. The first-order chi connectivity index (χ1) is 11.6. The van der Waals surface area contributed by atoms with Crippen molar-refractivity contribution >= 4 is 17.4 Å². The van der Waals surface area contributed by atoms with Gasteiger partial charge in [0.1, 0.15) is 5.82 Å². The second kappa shape index (κ2) is 6.84. The number of rotatable bonds is 3. The number of anilines is 2. The van der Waals surface area contributed by atoms with Crippen LogP contribution in [0.4, 0.5) is 11.5 Å². The number of nitrogens with zero attached hydrogens (tertiary/aromatic N) is 4. The third kappa shape index (κ3) is 3.30. The predicted molar refractivity (Wildman–Crippen MR) is 91.7 cm³/mol. The lowest BCUT2D eigenvalue weighted by Gasteiger charge is -2.28. The Balaban J connectivity index is 1.76. The molecular formula is C17H20N4O3. The molecule has 1 amide bonds. The van der Waals surface area contributed by atoms with Crippen LogP contribution in [0.3, 0.4) is 0 Å².